The summed E-state index contributed by atoms with van der Waals surface area (Å²) in [6.45, 7) is 3.96. The Balaban J connectivity index is 3.23. The van der Waals surface area contributed by atoms with Crippen molar-refractivity contribution in [2.24, 2.45) is 0 Å². The number of allylic oxidation sites excluding steroid dienone is 2. The van der Waals surface area contributed by atoms with Crippen LogP contribution in [0.4, 0.5) is 0 Å². The molecule has 0 fully saturated rings. The lowest BCUT2D eigenvalue weighted by Gasteiger charge is -2.11. The molecule has 1 aromatic rings. The van der Waals surface area contributed by atoms with E-state index in [-0.39, 0.29) is 5.75 Å². The van der Waals surface area contributed by atoms with Crippen LogP contribution in [0.3, 0.4) is 0 Å². The van der Waals surface area contributed by atoms with Gasteiger partial charge in [-0.2, -0.15) is 0 Å². The van der Waals surface area contributed by atoms with Gasteiger partial charge in [0.25, 0.3) is 0 Å². The number of rotatable bonds is 4. The summed E-state index contributed by atoms with van der Waals surface area (Å²) in [7, 11) is 1.49. The van der Waals surface area contributed by atoms with Crippen LogP contribution in [0.1, 0.15) is 29.8 Å². The standard InChI is InChI=1S/C13H16O3/c1-9(2)4-6-11-12(15)7-5-10(8-14)13(11)16-3/h4-5,7-8,15H,6H2,1-3H3. The second-order valence-electron chi connectivity index (χ2n) is 3.79. The molecule has 0 radical (unpaired) electrons. The summed E-state index contributed by atoms with van der Waals surface area (Å²) in [5, 5.41) is 9.73. The molecule has 0 spiro atoms. The van der Waals surface area contributed by atoms with Crippen molar-refractivity contribution in [1.82, 2.24) is 0 Å². The molecule has 0 unspecified atom stereocenters. The van der Waals surface area contributed by atoms with Gasteiger partial charge in [-0.3, -0.25) is 4.79 Å². The summed E-state index contributed by atoms with van der Waals surface area (Å²) in [5.41, 5.74) is 2.25. The van der Waals surface area contributed by atoms with Gasteiger partial charge in [0.05, 0.1) is 12.7 Å². The Morgan fingerprint density at radius 3 is 2.62 bits per heavy atom. The zero-order chi connectivity index (χ0) is 12.1. The van der Waals surface area contributed by atoms with Gasteiger partial charge in [-0.25, -0.2) is 0 Å². The molecule has 86 valence electrons. The summed E-state index contributed by atoms with van der Waals surface area (Å²) < 4.78 is 5.16. The van der Waals surface area contributed by atoms with Gasteiger partial charge in [-0.05, 0) is 32.4 Å². The van der Waals surface area contributed by atoms with Gasteiger partial charge in [0.15, 0.2) is 6.29 Å². The molecule has 0 aliphatic heterocycles. The summed E-state index contributed by atoms with van der Waals surface area (Å²) in [4.78, 5) is 10.8. The molecule has 3 heteroatoms. The van der Waals surface area contributed by atoms with E-state index in [0.717, 1.165) is 11.9 Å². The number of phenolic OH excluding ortho intramolecular Hbond substituents is 1. The van der Waals surface area contributed by atoms with E-state index in [0.29, 0.717) is 23.3 Å². The van der Waals surface area contributed by atoms with Crippen LogP contribution < -0.4 is 4.74 Å². The molecule has 0 saturated heterocycles. The Kier molecular flexibility index (Phi) is 4.11. The minimum absolute atomic E-state index is 0.153. The third-order valence-electron chi connectivity index (χ3n) is 2.31. The van der Waals surface area contributed by atoms with E-state index in [1.165, 1.54) is 13.2 Å². The van der Waals surface area contributed by atoms with Gasteiger partial charge in [0, 0.05) is 5.56 Å². The van der Waals surface area contributed by atoms with Gasteiger partial charge in [-0.1, -0.05) is 11.6 Å². The lowest BCUT2D eigenvalue weighted by atomic mass is 10.0. The number of aromatic hydroxyl groups is 1. The number of ether oxygens (including phenoxy) is 1. The highest BCUT2D eigenvalue weighted by atomic mass is 16.5. The van der Waals surface area contributed by atoms with Gasteiger partial charge in [-0.15, -0.1) is 0 Å². The maximum atomic E-state index is 10.8. The predicted molar refractivity (Wildman–Crippen MR) is 63.2 cm³/mol. The fourth-order valence-corrected chi connectivity index (χ4v) is 1.47. The first-order chi connectivity index (χ1) is 7.60. The van der Waals surface area contributed by atoms with Crippen molar-refractivity contribution in [1.29, 1.82) is 0 Å². The molecule has 0 aromatic heterocycles. The summed E-state index contributed by atoms with van der Waals surface area (Å²) in [6.07, 6.45) is 3.26. The smallest absolute Gasteiger partial charge is 0.153 e. The van der Waals surface area contributed by atoms with E-state index in [2.05, 4.69) is 0 Å². The molecule has 0 saturated carbocycles. The Labute approximate surface area is 95.4 Å². The maximum Gasteiger partial charge on any atom is 0.153 e. The lowest BCUT2D eigenvalue weighted by Crippen LogP contribution is -1.97. The second kappa shape index (κ2) is 5.35. The van der Waals surface area contributed by atoms with E-state index in [4.69, 9.17) is 4.74 Å². The second-order valence-corrected chi connectivity index (χ2v) is 3.79. The summed E-state index contributed by atoms with van der Waals surface area (Å²) in [6, 6.07) is 3.06. The Morgan fingerprint density at radius 2 is 2.12 bits per heavy atom. The largest absolute Gasteiger partial charge is 0.508 e. The Hall–Kier alpha value is -1.77. The molecular formula is C13H16O3. The summed E-state index contributed by atoms with van der Waals surface area (Å²) >= 11 is 0. The molecule has 0 aliphatic carbocycles. The Morgan fingerprint density at radius 1 is 1.44 bits per heavy atom. The average Bonchev–Trinajstić information content (AvgIpc) is 2.26. The van der Waals surface area contributed by atoms with Crippen molar-refractivity contribution in [2.75, 3.05) is 7.11 Å². The van der Waals surface area contributed by atoms with Crippen LogP contribution in [-0.4, -0.2) is 18.5 Å². The highest BCUT2D eigenvalue weighted by Gasteiger charge is 2.12. The van der Waals surface area contributed by atoms with Gasteiger partial charge in [0.2, 0.25) is 0 Å². The van der Waals surface area contributed by atoms with E-state index in [1.807, 2.05) is 19.9 Å². The Bertz CT molecular complexity index is 415. The minimum Gasteiger partial charge on any atom is -0.508 e. The number of hydrogen-bond donors (Lipinski definition) is 1. The van der Waals surface area contributed by atoms with Crippen molar-refractivity contribution in [3.05, 3.63) is 34.9 Å². The van der Waals surface area contributed by atoms with Crippen LogP contribution >= 0.6 is 0 Å². The maximum absolute atomic E-state index is 10.8. The van der Waals surface area contributed by atoms with Crippen LogP contribution in [0.15, 0.2) is 23.8 Å². The molecule has 16 heavy (non-hydrogen) atoms. The number of carbonyl (C=O) groups excluding carboxylic acids is 1. The number of carbonyl (C=O) groups is 1. The van der Waals surface area contributed by atoms with Crippen molar-refractivity contribution >= 4 is 6.29 Å². The highest BCUT2D eigenvalue weighted by Crippen LogP contribution is 2.31. The highest BCUT2D eigenvalue weighted by molar-refractivity contribution is 5.81. The van der Waals surface area contributed by atoms with Gasteiger partial charge < -0.3 is 9.84 Å². The number of aldehydes is 1. The normalized spacial score (nSPS) is 9.69. The molecule has 1 aromatic carbocycles. The topological polar surface area (TPSA) is 46.5 Å². The SMILES string of the molecule is COc1c(C=O)ccc(O)c1CC=C(C)C. The van der Waals surface area contributed by atoms with Crippen LogP contribution in [0.5, 0.6) is 11.5 Å². The fourth-order valence-electron chi connectivity index (χ4n) is 1.47. The lowest BCUT2D eigenvalue weighted by molar-refractivity contribution is 0.112. The third-order valence-corrected chi connectivity index (χ3v) is 2.31. The molecule has 1 N–H and O–H groups in total. The quantitative estimate of drug-likeness (QED) is 0.627. The first kappa shape index (κ1) is 12.3. The van der Waals surface area contributed by atoms with Crippen LogP contribution in [0.25, 0.3) is 0 Å². The monoisotopic (exact) mass is 220 g/mol. The number of phenols is 1. The predicted octanol–water partition coefficient (Wildman–Crippen LogP) is 2.72. The first-order valence-corrected chi connectivity index (χ1v) is 5.07. The molecule has 0 aliphatic rings. The first-order valence-electron chi connectivity index (χ1n) is 5.07. The minimum atomic E-state index is 0.153. The zero-order valence-corrected chi connectivity index (χ0v) is 9.78. The molecule has 1 rings (SSSR count). The third kappa shape index (κ3) is 2.63. The number of methoxy groups -OCH3 is 1. The molecule has 0 heterocycles. The van der Waals surface area contributed by atoms with Crippen LogP contribution in [0, 0.1) is 0 Å². The van der Waals surface area contributed by atoms with E-state index < -0.39 is 0 Å². The van der Waals surface area contributed by atoms with E-state index in [1.54, 1.807) is 6.07 Å². The molecule has 0 amide bonds. The van der Waals surface area contributed by atoms with Crippen molar-refractivity contribution in [3.8, 4) is 11.5 Å². The molecule has 3 nitrogen and oxygen atoms in total. The molecule has 0 atom stereocenters. The van der Waals surface area contributed by atoms with E-state index >= 15 is 0 Å². The van der Waals surface area contributed by atoms with Crippen molar-refractivity contribution < 1.29 is 14.6 Å². The van der Waals surface area contributed by atoms with E-state index in [9.17, 15) is 9.90 Å². The van der Waals surface area contributed by atoms with Gasteiger partial charge >= 0.3 is 0 Å². The van der Waals surface area contributed by atoms with Gasteiger partial charge in [0.1, 0.15) is 11.5 Å². The average molecular weight is 220 g/mol. The van der Waals surface area contributed by atoms with Crippen LogP contribution in [-0.2, 0) is 6.42 Å². The molecule has 0 bridgehead atoms. The van der Waals surface area contributed by atoms with Crippen LogP contribution in [0.2, 0.25) is 0 Å². The molecular weight excluding hydrogens is 204 g/mol. The number of hydrogen-bond acceptors (Lipinski definition) is 3. The zero-order valence-electron chi connectivity index (χ0n) is 9.78. The van der Waals surface area contributed by atoms with Crippen molar-refractivity contribution in [2.45, 2.75) is 20.3 Å². The number of benzene rings is 1. The van der Waals surface area contributed by atoms with Crippen molar-refractivity contribution in [3.63, 3.8) is 0 Å². The summed E-state index contributed by atoms with van der Waals surface area (Å²) in [5.74, 6) is 0.604. The fraction of sp³-hybridized carbons (Fsp3) is 0.308.